The Hall–Kier alpha value is -0.980. The summed E-state index contributed by atoms with van der Waals surface area (Å²) in [6.45, 7) is 9.90. The molecule has 8 atom stereocenters. The van der Waals surface area contributed by atoms with Crippen molar-refractivity contribution in [2.24, 2.45) is 23.2 Å². The van der Waals surface area contributed by atoms with Gasteiger partial charge in [-0.05, 0) is 86.2 Å². The standard InChI is InChI=1S/C27H44O5/c1-17(12-22(30)15-26(3,32)16-28)23-9-10-24-19(6-5-11-27(23,24)4)7-8-20-13-21(29)14-25(31)18(20)2/h7-8,17,21-25,28-32H,2,5-6,9-16H2,1,3-4H3/b19-7+,20-8+/t17-,21-,22-,23-,24+,25+,26+,27-/m1/s1. The maximum atomic E-state index is 10.5. The van der Waals surface area contributed by atoms with Gasteiger partial charge in [0.1, 0.15) is 0 Å². The van der Waals surface area contributed by atoms with Gasteiger partial charge in [0.25, 0.3) is 0 Å². The van der Waals surface area contributed by atoms with E-state index < -0.39 is 23.9 Å². The lowest BCUT2D eigenvalue weighted by atomic mass is 9.60. The third kappa shape index (κ3) is 5.56. The molecule has 5 nitrogen and oxygen atoms in total. The molecule has 0 amide bonds. The Bertz CT molecular complexity index is 738. The van der Waals surface area contributed by atoms with Crippen LogP contribution < -0.4 is 0 Å². The lowest BCUT2D eigenvalue weighted by Crippen LogP contribution is -2.38. The van der Waals surface area contributed by atoms with E-state index in [1.165, 1.54) is 12.0 Å². The van der Waals surface area contributed by atoms with Gasteiger partial charge in [0.05, 0.1) is 30.5 Å². The molecule has 3 fully saturated rings. The molecule has 182 valence electrons. The SMILES string of the molecule is C=C1/C(=C/C=C2\CCC[C@]3(C)[C@@H]([C@H](C)C[C@@H](O)C[C@](C)(O)CO)CC[C@@H]23)C[C@@H](O)C[C@@H]1O. The van der Waals surface area contributed by atoms with Crippen LogP contribution in [0.25, 0.3) is 0 Å². The zero-order chi connectivity index (χ0) is 23.7. The zero-order valence-corrected chi connectivity index (χ0v) is 20.1. The summed E-state index contributed by atoms with van der Waals surface area (Å²) in [4.78, 5) is 0. The summed E-state index contributed by atoms with van der Waals surface area (Å²) >= 11 is 0. The van der Waals surface area contributed by atoms with Gasteiger partial charge in [-0.1, -0.05) is 38.2 Å². The molecule has 0 heterocycles. The van der Waals surface area contributed by atoms with Gasteiger partial charge in [0.2, 0.25) is 0 Å². The summed E-state index contributed by atoms with van der Waals surface area (Å²) in [6, 6.07) is 0. The van der Waals surface area contributed by atoms with E-state index in [9.17, 15) is 25.5 Å². The van der Waals surface area contributed by atoms with E-state index in [0.29, 0.717) is 37.0 Å². The van der Waals surface area contributed by atoms with Crippen LogP contribution in [0.2, 0.25) is 0 Å². The van der Waals surface area contributed by atoms with Crippen molar-refractivity contribution in [3.63, 3.8) is 0 Å². The molecule has 0 radical (unpaired) electrons. The smallest absolute Gasteiger partial charge is 0.0874 e. The molecule has 0 spiro atoms. The summed E-state index contributed by atoms with van der Waals surface area (Å²) in [5.41, 5.74) is 2.12. The van der Waals surface area contributed by atoms with Crippen molar-refractivity contribution in [3.05, 3.63) is 35.5 Å². The minimum atomic E-state index is -1.24. The van der Waals surface area contributed by atoms with Crippen molar-refractivity contribution < 1.29 is 25.5 Å². The fraction of sp³-hybridized carbons (Fsp3) is 0.778. The van der Waals surface area contributed by atoms with Crippen LogP contribution >= 0.6 is 0 Å². The molecule has 0 saturated heterocycles. The highest BCUT2D eigenvalue weighted by atomic mass is 16.3. The number of aliphatic hydroxyl groups is 5. The van der Waals surface area contributed by atoms with E-state index in [2.05, 4.69) is 32.6 Å². The van der Waals surface area contributed by atoms with Gasteiger partial charge in [0.15, 0.2) is 0 Å². The summed E-state index contributed by atoms with van der Waals surface area (Å²) in [5, 5.41) is 50.1. The highest BCUT2D eigenvalue weighted by Gasteiger charge is 2.50. The number of fused-ring (bicyclic) bond motifs is 1. The van der Waals surface area contributed by atoms with Crippen LogP contribution in [0.3, 0.4) is 0 Å². The van der Waals surface area contributed by atoms with Gasteiger partial charge in [-0.15, -0.1) is 0 Å². The third-order valence-corrected chi connectivity index (χ3v) is 8.65. The van der Waals surface area contributed by atoms with Gasteiger partial charge in [-0.25, -0.2) is 0 Å². The normalized spacial score (nSPS) is 39.7. The molecule has 0 aromatic carbocycles. The monoisotopic (exact) mass is 448 g/mol. The molecule has 5 heteroatoms. The molecule has 0 bridgehead atoms. The Morgan fingerprint density at radius 1 is 1.25 bits per heavy atom. The van der Waals surface area contributed by atoms with E-state index in [-0.39, 0.29) is 18.4 Å². The molecule has 3 rings (SSSR count). The van der Waals surface area contributed by atoms with Crippen molar-refractivity contribution in [2.75, 3.05) is 6.61 Å². The molecule has 3 saturated carbocycles. The Kier molecular flexibility index (Phi) is 8.10. The largest absolute Gasteiger partial charge is 0.393 e. The van der Waals surface area contributed by atoms with Crippen LogP contribution in [0.15, 0.2) is 35.5 Å². The fourth-order valence-corrected chi connectivity index (χ4v) is 6.93. The second kappa shape index (κ2) is 10.1. The minimum absolute atomic E-state index is 0.195. The Morgan fingerprint density at radius 2 is 1.97 bits per heavy atom. The van der Waals surface area contributed by atoms with Gasteiger partial charge < -0.3 is 25.5 Å². The average Bonchev–Trinajstić information content (AvgIpc) is 3.06. The molecule has 0 aromatic heterocycles. The van der Waals surface area contributed by atoms with Gasteiger partial charge in [-0.3, -0.25) is 0 Å². The Morgan fingerprint density at radius 3 is 2.66 bits per heavy atom. The molecule has 5 N–H and O–H groups in total. The summed E-state index contributed by atoms with van der Waals surface area (Å²) in [7, 11) is 0. The lowest BCUT2D eigenvalue weighted by Gasteiger charge is -2.45. The van der Waals surface area contributed by atoms with Crippen LogP contribution in [0.5, 0.6) is 0 Å². The van der Waals surface area contributed by atoms with Crippen molar-refractivity contribution in [2.45, 2.75) is 102 Å². The highest BCUT2D eigenvalue weighted by Crippen LogP contribution is 2.60. The van der Waals surface area contributed by atoms with Crippen LogP contribution in [0.1, 0.15) is 78.6 Å². The summed E-state index contributed by atoms with van der Waals surface area (Å²) in [5.74, 6) is 1.38. The molecule has 0 unspecified atom stereocenters. The number of allylic oxidation sites excluding steroid dienone is 3. The van der Waals surface area contributed by atoms with E-state index in [1.807, 2.05) is 0 Å². The maximum Gasteiger partial charge on any atom is 0.0874 e. The number of aliphatic hydroxyl groups excluding tert-OH is 4. The predicted octanol–water partition coefficient (Wildman–Crippen LogP) is 3.65. The first-order chi connectivity index (χ1) is 15.0. The van der Waals surface area contributed by atoms with Crippen molar-refractivity contribution in [1.29, 1.82) is 0 Å². The molecule has 32 heavy (non-hydrogen) atoms. The predicted molar refractivity (Wildman–Crippen MR) is 127 cm³/mol. The quantitative estimate of drug-likeness (QED) is 0.409. The second-order valence-electron chi connectivity index (χ2n) is 11.4. The van der Waals surface area contributed by atoms with E-state index in [4.69, 9.17) is 0 Å². The molecular formula is C27H44O5. The molecule has 0 aromatic rings. The molecule has 0 aliphatic heterocycles. The first-order valence-corrected chi connectivity index (χ1v) is 12.4. The zero-order valence-electron chi connectivity index (χ0n) is 20.1. The first kappa shape index (κ1) is 25.6. The minimum Gasteiger partial charge on any atom is -0.393 e. The van der Waals surface area contributed by atoms with E-state index in [0.717, 1.165) is 36.8 Å². The number of hydrogen-bond acceptors (Lipinski definition) is 5. The topological polar surface area (TPSA) is 101 Å². The molecular weight excluding hydrogens is 404 g/mol. The van der Waals surface area contributed by atoms with Crippen molar-refractivity contribution >= 4 is 0 Å². The van der Waals surface area contributed by atoms with Gasteiger partial charge >= 0.3 is 0 Å². The second-order valence-corrected chi connectivity index (χ2v) is 11.4. The summed E-state index contributed by atoms with van der Waals surface area (Å²) < 4.78 is 0. The third-order valence-electron chi connectivity index (χ3n) is 8.65. The molecule has 3 aliphatic carbocycles. The van der Waals surface area contributed by atoms with E-state index in [1.54, 1.807) is 6.92 Å². The average molecular weight is 449 g/mol. The highest BCUT2D eigenvalue weighted by molar-refractivity contribution is 5.38. The van der Waals surface area contributed by atoms with Crippen LogP contribution in [-0.4, -0.2) is 56.1 Å². The Balaban J connectivity index is 1.71. The van der Waals surface area contributed by atoms with Crippen LogP contribution in [0.4, 0.5) is 0 Å². The fourth-order valence-electron chi connectivity index (χ4n) is 6.93. The Labute approximate surface area is 193 Å². The first-order valence-electron chi connectivity index (χ1n) is 12.4. The maximum absolute atomic E-state index is 10.5. The van der Waals surface area contributed by atoms with E-state index >= 15 is 0 Å². The lowest BCUT2D eigenvalue weighted by molar-refractivity contribution is -0.0439. The van der Waals surface area contributed by atoms with Crippen LogP contribution in [-0.2, 0) is 0 Å². The van der Waals surface area contributed by atoms with Crippen LogP contribution in [0, 0.1) is 23.2 Å². The van der Waals surface area contributed by atoms with Gasteiger partial charge in [-0.2, -0.15) is 0 Å². The summed E-state index contributed by atoms with van der Waals surface area (Å²) in [6.07, 6.45) is 10.0. The number of hydrogen-bond donors (Lipinski definition) is 5. The number of rotatable bonds is 7. The van der Waals surface area contributed by atoms with Crippen molar-refractivity contribution in [3.8, 4) is 0 Å². The van der Waals surface area contributed by atoms with Gasteiger partial charge in [0, 0.05) is 12.8 Å². The molecule has 3 aliphatic rings. The van der Waals surface area contributed by atoms with Crippen molar-refractivity contribution in [1.82, 2.24) is 0 Å².